The van der Waals surface area contributed by atoms with Crippen LogP contribution in [0.4, 0.5) is 17.3 Å². The fraction of sp³-hybridized carbons (Fsp3) is 0.226. The van der Waals surface area contributed by atoms with E-state index in [-0.39, 0.29) is 30.4 Å². The first-order valence-corrected chi connectivity index (χ1v) is 14.4. The van der Waals surface area contributed by atoms with Crippen molar-refractivity contribution < 1.29 is 4.79 Å². The van der Waals surface area contributed by atoms with Gasteiger partial charge in [0.2, 0.25) is 11.9 Å². The smallest absolute Gasteiger partial charge is 0.236 e. The fourth-order valence-electron chi connectivity index (χ4n) is 6.08. The lowest BCUT2D eigenvalue weighted by atomic mass is 9.98. The van der Waals surface area contributed by atoms with Crippen LogP contribution in [0.3, 0.4) is 0 Å². The summed E-state index contributed by atoms with van der Waals surface area (Å²) in [4.78, 5) is 44.6. The normalized spacial score (nSPS) is 16.6. The molecule has 2 atom stereocenters. The van der Waals surface area contributed by atoms with Crippen LogP contribution in [0.1, 0.15) is 24.7 Å². The quantitative estimate of drug-likeness (QED) is 0.218. The lowest BCUT2D eigenvalue weighted by Crippen LogP contribution is -2.49. The van der Waals surface area contributed by atoms with E-state index in [2.05, 4.69) is 39.8 Å². The van der Waals surface area contributed by atoms with E-state index in [9.17, 15) is 10.1 Å². The molecule has 0 bridgehead atoms. The number of nitrogen functional groups attached to an aromatic ring is 2. The van der Waals surface area contributed by atoms with Crippen LogP contribution in [0.5, 0.6) is 0 Å². The number of rotatable bonds is 6. The molecular formula is C31H29N13O. The first kappa shape index (κ1) is 27.7. The van der Waals surface area contributed by atoms with E-state index in [0.717, 1.165) is 33.4 Å². The number of likely N-dealkylation sites (tertiary alicyclic amines) is 1. The zero-order valence-electron chi connectivity index (χ0n) is 24.3. The molecule has 7 heterocycles. The number of hydrogen-bond donors (Lipinski definition) is 4. The van der Waals surface area contributed by atoms with E-state index in [1.165, 1.54) is 0 Å². The van der Waals surface area contributed by atoms with Crippen LogP contribution in [-0.4, -0.2) is 69.4 Å². The van der Waals surface area contributed by atoms with E-state index in [1.807, 2.05) is 43.6 Å². The molecule has 1 aliphatic rings. The first-order valence-electron chi connectivity index (χ1n) is 14.4. The van der Waals surface area contributed by atoms with E-state index in [0.29, 0.717) is 47.9 Å². The minimum atomic E-state index is -0.227. The van der Waals surface area contributed by atoms with Gasteiger partial charge in [0.25, 0.3) is 0 Å². The number of nitriles is 1. The highest BCUT2D eigenvalue weighted by Crippen LogP contribution is 2.37. The van der Waals surface area contributed by atoms with Crippen molar-refractivity contribution >= 4 is 45.3 Å². The summed E-state index contributed by atoms with van der Waals surface area (Å²) < 4.78 is 2.05. The van der Waals surface area contributed by atoms with Gasteiger partial charge in [0, 0.05) is 78.2 Å². The summed E-state index contributed by atoms with van der Waals surface area (Å²) in [6.45, 7) is 2.68. The van der Waals surface area contributed by atoms with Gasteiger partial charge in [-0.15, -0.1) is 0 Å². The van der Waals surface area contributed by atoms with Gasteiger partial charge < -0.3 is 31.2 Å². The van der Waals surface area contributed by atoms with Crippen LogP contribution in [0.25, 0.3) is 44.6 Å². The second-order valence-electron chi connectivity index (χ2n) is 11.0. The number of anilines is 3. The van der Waals surface area contributed by atoms with E-state index in [4.69, 9.17) is 16.5 Å². The van der Waals surface area contributed by atoms with Gasteiger partial charge in [0.1, 0.15) is 23.5 Å². The van der Waals surface area contributed by atoms with Crippen molar-refractivity contribution in [1.29, 1.82) is 5.26 Å². The summed E-state index contributed by atoms with van der Waals surface area (Å²) in [7, 11) is 0. The Morgan fingerprint density at radius 1 is 1.02 bits per heavy atom. The molecule has 1 saturated heterocycles. The van der Waals surface area contributed by atoms with Gasteiger partial charge in [-0.25, -0.2) is 29.9 Å². The molecule has 6 aromatic rings. The highest BCUT2D eigenvalue weighted by Gasteiger charge is 2.33. The van der Waals surface area contributed by atoms with Gasteiger partial charge in [-0.3, -0.25) is 4.79 Å². The van der Waals surface area contributed by atoms with Crippen LogP contribution in [0, 0.1) is 18.3 Å². The molecule has 6 N–H and O–H groups in total. The molecule has 0 unspecified atom stereocenters. The highest BCUT2D eigenvalue weighted by atomic mass is 16.2. The zero-order valence-corrected chi connectivity index (χ0v) is 24.3. The lowest BCUT2D eigenvalue weighted by molar-refractivity contribution is -0.131. The molecule has 1 aliphatic heterocycles. The average molecular weight is 600 g/mol. The van der Waals surface area contributed by atoms with Crippen LogP contribution < -0.4 is 16.8 Å². The number of piperidine rings is 1. The van der Waals surface area contributed by atoms with Crippen LogP contribution in [-0.2, 0) is 4.79 Å². The van der Waals surface area contributed by atoms with Crippen molar-refractivity contribution in [3.05, 3.63) is 67.3 Å². The summed E-state index contributed by atoms with van der Waals surface area (Å²) in [5.74, 6) is 0.572. The van der Waals surface area contributed by atoms with Gasteiger partial charge >= 0.3 is 0 Å². The minimum absolute atomic E-state index is 0.150. The highest BCUT2D eigenvalue weighted by molar-refractivity contribution is 5.98. The van der Waals surface area contributed by atoms with Crippen molar-refractivity contribution in [2.24, 2.45) is 0 Å². The van der Waals surface area contributed by atoms with Crippen molar-refractivity contribution in [2.75, 3.05) is 29.9 Å². The Kier molecular flexibility index (Phi) is 6.89. The fourth-order valence-corrected chi connectivity index (χ4v) is 6.08. The Bertz CT molecular complexity index is 2110. The molecule has 6 aromatic heterocycles. The number of fused-ring (bicyclic) bond motifs is 2. The molecule has 224 valence electrons. The van der Waals surface area contributed by atoms with Crippen molar-refractivity contribution in [3.8, 4) is 28.6 Å². The molecule has 0 spiro atoms. The number of aryl methyl sites for hydroxylation is 1. The number of hydrogen-bond acceptors (Lipinski definition) is 11. The van der Waals surface area contributed by atoms with Crippen LogP contribution >= 0.6 is 0 Å². The largest absolute Gasteiger partial charge is 0.398 e. The number of pyridine rings is 2. The molecule has 14 heteroatoms. The summed E-state index contributed by atoms with van der Waals surface area (Å²) >= 11 is 0. The van der Waals surface area contributed by atoms with E-state index in [1.54, 1.807) is 35.8 Å². The molecule has 0 saturated carbocycles. The molecule has 0 aromatic carbocycles. The predicted molar refractivity (Wildman–Crippen MR) is 169 cm³/mol. The monoisotopic (exact) mass is 599 g/mol. The summed E-state index contributed by atoms with van der Waals surface area (Å²) in [5.41, 5.74) is 18.0. The number of aromatic amines is 1. The maximum absolute atomic E-state index is 13.1. The minimum Gasteiger partial charge on any atom is -0.398 e. The Hall–Kier alpha value is -6.10. The van der Waals surface area contributed by atoms with Crippen LogP contribution in [0.2, 0.25) is 0 Å². The number of nitrogens with one attached hydrogen (secondary N) is 2. The maximum Gasteiger partial charge on any atom is 0.236 e. The SMILES string of the molecule is Cc1nccc(-c2cnc3[nH]ccc3c2N[C@@H]2C[C@H](n3ccc4c(N)c(-c5ccnc(N)n5)cnc43)CN(C(=O)CC#N)C2)n1. The molecule has 0 radical (unpaired) electrons. The summed E-state index contributed by atoms with van der Waals surface area (Å²) in [6, 6.07) is 9.16. The molecule has 1 fully saturated rings. The number of aromatic nitrogens is 8. The molecule has 45 heavy (non-hydrogen) atoms. The van der Waals surface area contributed by atoms with Gasteiger partial charge in [0.05, 0.1) is 34.9 Å². The molecule has 7 rings (SSSR count). The van der Waals surface area contributed by atoms with Gasteiger partial charge in [0.15, 0.2) is 0 Å². The number of amides is 1. The number of nitrogens with zero attached hydrogens (tertiary/aromatic N) is 9. The van der Waals surface area contributed by atoms with Crippen molar-refractivity contribution in [3.63, 3.8) is 0 Å². The summed E-state index contributed by atoms with van der Waals surface area (Å²) in [5, 5.41) is 14.7. The van der Waals surface area contributed by atoms with Gasteiger partial charge in [-0.05, 0) is 37.6 Å². The second-order valence-corrected chi connectivity index (χ2v) is 11.0. The molecule has 0 aliphatic carbocycles. The third kappa shape index (κ3) is 5.10. The predicted octanol–water partition coefficient (Wildman–Crippen LogP) is 3.47. The Balaban J connectivity index is 1.27. The topological polar surface area (TPSA) is 206 Å². The lowest BCUT2D eigenvalue weighted by Gasteiger charge is -2.39. The number of nitrogens with two attached hydrogens (primary N) is 2. The Labute approximate surface area is 257 Å². The van der Waals surface area contributed by atoms with Crippen LogP contribution in [0.15, 0.2) is 61.4 Å². The third-order valence-electron chi connectivity index (χ3n) is 8.13. The number of carbonyl (C=O) groups excluding carboxylic acids is 1. The van der Waals surface area contributed by atoms with E-state index >= 15 is 0 Å². The maximum atomic E-state index is 13.1. The van der Waals surface area contributed by atoms with Crippen molar-refractivity contribution in [2.45, 2.75) is 31.8 Å². The number of H-pyrrole nitrogens is 1. The summed E-state index contributed by atoms with van der Waals surface area (Å²) in [6.07, 6.45) is 11.0. The standard InChI is InChI=1S/C31H29N13O/c1-17-35-9-4-25(40-17)23-14-38-29-21(3-8-36-29)28(23)41-18-12-19(16-43(15-18)26(45)2-7-32)44-11-6-20-27(33)22(13-39-30(20)44)24-5-10-37-31(34)42-24/h3-6,8-11,13-14,18-19H,2,12,15-16H2,1H3,(H2,33,39)(H2,34,37,42)(H2,36,38,41)/t18-,19+/m1/s1. The van der Waals surface area contributed by atoms with Gasteiger partial charge in [-0.2, -0.15) is 5.26 Å². The Morgan fingerprint density at radius 3 is 2.62 bits per heavy atom. The zero-order chi connectivity index (χ0) is 31.1. The third-order valence-corrected chi connectivity index (χ3v) is 8.13. The molecule has 14 nitrogen and oxygen atoms in total. The first-order chi connectivity index (χ1) is 21.9. The molecule has 1 amide bonds. The van der Waals surface area contributed by atoms with Crippen molar-refractivity contribution in [1.82, 2.24) is 44.4 Å². The number of carbonyl (C=O) groups is 1. The van der Waals surface area contributed by atoms with E-state index < -0.39 is 0 Å². The Morgan fingerprint density at radius 2 is 1.82 bits per heavy atom. The van der Waals surface area contributed by atoms with Gasteiger partial charge in [-0.1, -0.05) is 0 Å². The second kappa shape index (κ2) is 11.2. The average Bonchev–Trinajstić information content (AvgIpc) is 3.70. The molecular weight excluding hydrogens is 570 g/mol.